The van der Waals surface area contributed by atoms with Crippen molar-refractivity contribution in [3.05, 3.63) is 0 Å². The zero-order valence-electron chi connectivity index (χ0n) is 10.7. The minimum absolute atomic E-state index is 0.158. The quantitative estimate of drug-likeness (QED) is 0.811. The molecule has 0 aromatic carbocycles. The molecule has 4 heteroatoms. The van der Waals surface area contributed by atoms with Gasteiger partial charge in [0, 0.05) is 6.04 Å². The Bertz CT molecular complexity index is 300. The third-order valence-corrected chi connectivity index (χ3v) is 5.29. The second-order valence-corrected chi connectivity index (χ2v) is 7.04. The topological polar surface area (TPSA) is 46.2 Å². The van der Waals surface area contributed by atoms with Gasteiger partial charge in [-0.2, -0.15) is 0 Å². The number of sulfonamides is 1. The molecule has 0 amide bonds. The molecule has 0 radical (unpaired) electrons. The van der Waals surface area contributed by atoms with Gasteiger partial charge in [0.05, 0.1) is 5.75 Å². The summed E-state index contributed by atoms with van der Waals surface area (Å²) in [5.41, 5.74) is 0. The van der Waals surface area contributed by atoms with E-state index in [0.717, 1.165) is 25.7 Å². The van der Waals surface area contributed by atoms with E-state index in [0.29, 0.717) is 11.8 Å². The molecule has 0 aromatic heterocycles. The molecule has 1 N–H and O–H groups in total. The highest BCUT2D eigenvalue weighted by molar-refractivity contribution is 7.89. The van der Waals surface area contributed by atoms with Crippen LogP contribution in [0, 0.1) is 11.8 Å². The second-order valence-electron chi connectivity index (χ2n) is 5.16. The van der Waals surface area contributed by atoms with Crippen LogP contribution in [0.15, 0.2) is 0 Å². The number of nitrogens with one attached hydrogen (secondary N) is 1. The van der Waals surface area contributed by atoms with Gasteiger partial charge in [0.15, 0.2) is 0 Å². The number of rotatable bonds is 5. The first-order valence-electron chi connectivity index (χ1n) is 6.46. The van der Waals surface area contributed by atoms with Crippen LogP contribution in [0.4, 0.5) is 0 Å². The molecule has 1 fully saturated rings. The van der Waals surface area contributed by atoms with Gasteiger partial charge in [0.25, 0.3) is 0 Å². The molecule has 0 aliphatic heterocycles. The van der Waals surface area contributed by atoms with Gasteiger partial charge in [-0.3, -0.25) is 0 Å². The Morgan fingerprint density at radius 1 is 1.25 bits per heavy atom. The van der Waals surface area contributed by atoms with Crippen LogP contribution < -0.4 is 4.72 Å². The highest BCUT2D eigenvalue weighted by Crippen LogP contribution is 2.29. The lowest BCUT2D eigenvalue weighted by atomic mass is 9.78. The second kappa shape index (κ2) is 6.01. The fraction of sp³-hybridized carbons (Fsp3) is 1.00. The first kappa shape index (κ1) is 14.0. The molecular weight excluding hydrogens is 222 g/mol. The summed E-state index contributed by atoms with van der Waals surface area (Å²) in [7, 11) is -3.05. The molecule has 0 heterocycles. The van der Waals surface area contributed by atoms with Crippen molar-refractivity contribution in [1.29, 1.82) is 0 Å². The van der Waals surface area contributed by atoms with Crippen molar-refractivity contribution in [2.24, 2.45) is 11.8 Å². The van der Waals surface area contributed by atoms with Crippen LogP contribution in [-0.4, -0.2) is 20.2 Å². The monoisotopic (exact) mass is 247 g/mol. The van der Waals surface area contributed by atoms with Crippen LogP contribution in [0.2, 0.25) is 0 Å². The molecule has 0 spiro atoms. The first-order valence-corrected chi connectivity index (χ1v) is 8.11. The van der Waals surface area contributed by atoms with Gasteiger partial charge in [-0.05, 0) is 24.7 Å². The predicted octanol–water partition coefficient (Wildman–Crippen LogP) is 2.53. The molecule has 0 aromatic rings. The molecule has 1 aliphatic rings. The van der Waals surface area contributed by atoms with Gasteiger partial charge in [-0.1, -0.05) is 40.0 Å². The van der Waals surface area contributed by atoms with Crippen LogP contribution in [0.1, 0.15) is 52.9 Å². The van der Waals surface area contributed by atoms with Gasteiger partial charge in [0.2, 0.25) is 10.0 Å². The van der Waals surface area contributed by atoms with Crippen molar-refractivity contribution in [3.63, 3.8) is 0 Å². The normalized spacial score (nSPS) is 31.6. The maximum absolute atomic E-state index is 11.8. The average molecular weight is 247 g/mol. The Labute approximate surface area is 100 Å². The van der Waals surface area contributed by atoms with E-state index in [1.165, 1.54) is 6.42 Å². The van der Waals surface area contributed by atoms with Gasteiger partial charge >= 0.3 is 0 Å². The summed E-state index contributed by atoms with van der Waals surface area (Å²) in [5.74, 6) is 1.37. The molecule has 3 nitrogen and oxygen atoms in total. The van der Waals surface area contributed by atoms with E-state index in [1.807, 2.05) is 6.92 Å². The highest BCUT2D eigenvalue weighted by atomic mass is 32.2. The Balaban J connectivity index is 2.52. The van der Waals surface area contributed by atoms with Gasteiger partial charge < -0.3 is 0 Å². The van der Waals surface area contributed by atoms with E-state index in [9.17, 15) is 8.42 Å². The van der Waals surface area contributed by atoms with Crippen molar-refractivity contribution in [1.82, 2.24) is 4.72 Å². The number of unbranched alkanes of at least 4 members (excludes halogenated alkanes) is 1. The molecule has 16 heavy (non-hydrogen) atoms. The van der Waals surface area contributed by atoms with E-state index in [4.69, 9.17) is 0 Å². The number of hydrogen-bond donors (Lipinski definition) is 1. The summed E-state index contributed by atoms with van der Waals surface area (Å²) >= 11 is 0. The molecule has 1 aliphatic carbocycles. The van der Waals surface area contributed by atoms with Crippen LogP contribution in [-0.2, 0) is 10.0 Å². The lowest BCUT2D eigenvalue weighted by Gasteiger charge is -2.34. The molecular formula is C12H25NO2S. The summed E-state index contributed by atoms with van der Waals surface area (Å²) in [5, 5.41) is 0. The largest absolute Gasteiger partial charge is 0.212 e. The molecule has 1 saturated carbocycles. The van der Waals surface area contributed by atoms with Crippen molar-refractivity contribution in [3.8, 4) is 0 Å². The lowest BCUT2D eigenvalue weighted by Crippen LogP contribution is -2.44. The van der Waals surface area contributed by atoms with Gasteiger partial charge in [0.1, 0.15) is 0 Å². The molecule has 0 unspecified atom stereocenters. The van der Waals surface area contributed by atoms with Crippen LogP contribution in [0.25, 0.3) is 0 Å². The van der Waals surface area contributed by atoms with E-state index >= 15 is 0 Å². The third kappa shape index (κ3) is 4.06. The van der Waals surface area contributed by atoms with E-state index in [-0.39, 0.29) is 11.8 Å². The van der Waals surface area contributed by atoms with E-state index in [2.05, 4.69) is 18.6 Å². The standard InChI is InChI=1S/C12H25NO2S/c1-4-5-9-16(14,15)13-12-8-6-7-10(2)11(12)3/h10-13H,4-9H2,1-3H3/t10-,11+,12+/m0/s1. The third-order valence-electron chi connectivity index (χ3n) is 3.80. The molecule has 0 saturated heterocycles. The van der Waals surface area contributed by atoms with E-state index in [1.54, 1.807) is 0 Å². The highest BCUT2D eigenvalue weighted by Gasteiger charge is 2.29. The molecule has 3 atom stereocenters. The maximum atomic E-state index is 11.8. The van der Waals surface area contributed by atoms with Crippen LogP contribution >= 0.6 is 0 Å². The zero-order valence-corrected chi connectivity index (χ0v) is 11.5. The van der Waals surface area contributed by atoms with Gasteiger partial charge in [-0.25, -0.2) is 13.1 Å². The summed E-state index contributed by atoms with van der Waals surface area (Å²) in [4.78, 5) is 0. The Morgan fingerprint density at radius 3 is 2.56 bits per heavy atom. The fourth-order valence-electron chi connectivity index (χ4n) is 2.37. The van der Waals surface area contributed by atoms with Crippen LogP contribution in [0.3, 0.4) is 0 Å². The smallest absolute Gasteiger partial charge is 0.211 e. The Hall–Kier alpha value is -0.0900. The van der Waals surface area contributed by atoms with Crippen molar-refractivity contribution < 1.29 is 8.42 Å². The average Bonchev–Trinajstić information content (AvgIpc) is 2.22. The van der Waals surface area contributed by atoms with Crippen molar-refractivity contribution in [2.75, 3.05) is 5.75 Å². The summed E-state index contributed by atoms with van der Waals surface area (Å²) in [6.45, 7) is 6.40. The Morgan fingerprint density at radius 2 is 1.94 bits per heavy atom. The van der Waals surface area contributed by atoms with E-state index < -0.39 is 10.0 Å². The lowest BCUT2D eigenvalue weighted by molar-refractivity contribution is 0.227. The number of hydrogen-bond acceptors (Lipinski definition) is 2. The SMILES string of the molecule is CCCCS(=O)(=O)N[C@@H]1CCC[C@H](C)[C@H]1C. The first-order chi connectivity index (χ1) is 7.46. The van der Waals surface area contributed by atoms with Crippen molar-refractivity contribution >= 4 is 10.0 Å². The summed E-state index contributed by atoms with van der Waals surface area (Å²) < 4.78 is 26.5. The summed E-state index contributed by atoms with van der Waals surface area (Å²) in [6.07, 6.45) is 5.06. The Kier molecular flexibility index (Phi) is 5.25. The van der Waals surface area contributed by atoms with Gasteiger partial charge in [-0.15, -0.1) is 0 Å². The van der Waals surface area contributed by atoms with Crippen molar-refractivity contribution in [2.45, 2.75) is 58.9 Å². The summed E-state index contributed by atoms with van der Waals surface area (Å²) in [6, 6.07) is 0.158. The minimum Gasteiger partial charge on any atom is -0.212 e. The zero-order chi connectivity index (χ0) is 12.2. The fourth-order valence-corrected chi connectivity index (χ4v) is 3.95. The van der Waals surface area contributed by atoms with Crippen LogP contribution in [0.5, 0.6) is 0 Å². The molecule has 0 bridgehead atoms. The minimum atomic E-state index is -3.05. The molecule has 1 rings (SSSR count). The predicted molar refractivity (Wildman–Crippen MR) is 67.8 cm³/mol. The molecule has 96 valence electrons. The maximum Gasteiger partial charge on any atom is 0.211 e.